The molecule has 10 heteroatoms. The molecule has 43 heavy (non-hydrogen) atoms. The average molecular weight is 599 g/mol. The number of nitrogens with zero attached hydrogens (tertiary/aromatic N) is 3. The quantitative estimate of drug-likeness (QED) is 0.360. The monoisotopic (exact) mass is 598 g/mol. The summed E-state index contributed by atoms with van der Waals surface area (Å²) in [5, 5.41) is 11.3. The average Bonchev–Trinajstić information content (AvgIpc) is 3.53. The van der Waals surface area contributed by atoms with Crippen LogP contribution in [0.2, 0.25) is 0 Å². The Kier molecular flexibility index (Phi) is 8.80. The van der Waals surface area contributed by atoms with E-state index in [9.17, 15) is 14.4 Å². The number of esters is 1. The van der Waals surface area contributed by atoms with Gasteiger partial charge in [0.25, 0.3) is 0 Å². The Balaban J connectivity index is 1.62. The predicted molar refractivity (Wildman–Crippen MR) is 160 cm³/mol. The van der Waals surface area contributed by atoms with E-state index in [4.69, 9.17) is 9.47 Å². The number of nitrogens with one attached hydrogen (secondary N) is 1. The van der Waals surface area contributed by atoms with Crippen LogP contribution in [0.25, 0.3) is 0 Å². The number of Topliss-reactive ketones (excluding diaryl/α,β-unsaturated/α-hetero) is 2. The number of ether oxygens (including phenoxy) is 2. The second-order valence-electron chi connectivity index (χ2n) is 14.6. The third kappa shape index (κ3) is 5.52. The lowest BCUT2D eigenvalue weighted by molar-refractivity contribution is -0.203. The lowest BCUT2D eigenvalue weighted by Crippen LogP contribution is -2.65. The van der Waals surface area contributed by atoms with E-state index < -0.39 is 17.6 Å². The molecule has 4 fully saturated rings. The Morgan fingerprint density at radius 3 is 2.58 bits per heavy atom. The van der Waals surface area contributed by atoms with Gasteiger partial charge in [-0.1, -0.05) is 39.3 Å². The maximum absolute atomic E-state index is 15.2. The zero-order chi connectivity index (χ0) is 31.3. The third-order valence-electron chi connectivity index (χ3n) is 12.1. The van der Waals surface area contributed by atoms with Crippen LogP contribution >= 0.6 is 0 Å². The molecule has 0 spiro atoms. The summed E-state index contributed by atoms with van der Waals surface area (Å²) in [5.74, 6) is 1.40. The van der Waals surface area contributed by atoms with E-state index in [-0.39, 0.29) is 71.1 Å². The number of fused-ring (bicyclic) bond motifs is 5. The van der Waals surface area contributed by atoms with Gasteiger partial charge >= 0.3 is 12.1 Å². The minimum Gasteiger partial charge on any atom is -0.462 e. The van der Waals surface area contributed by atoms with Gasteiger partial charge in [-0.3, -0.25) is 14.9 Å². The third-order valence-corrected chi connectivity index (χ3v) is 12.1. The Morgan fingerprint density at radius 2 is 1.91 bits per heavy atom. The smallest absolute Gasteiger partial charge is 0.412 e. The second kappa shape index (κ2) is 12.0. The first kappa shape index (κ1) is 31.6. The number of hydrogen-bond acceptors (Lipinski definition) is 8. The molecule has 11 atom stereocenters. The van der Waals surface area contributed by atoms with Crippen molar-refractivity contribution in [2.45, 2.75) is 112 Å². The summed E-state index contributed by atoms with van der Waals surface area (Å²) in [4.78, 5) is 51.8. The van der Waals surface area contributed by atoms with Gasteiger partial charge in [-0.2, -0.15) is 0 Å². The molecule has 4 aliphatic rings. The molecule has 1 aromatic rings. The standard InChI is InChI=1S/C33H50N4O6/c1-8-42-31(41)34-26-17-37(36-35-26)29-28-27(25(43-21(5)39)16-22-15-18(2)13-14-32(22,28)6)24-12-11-23(33(24,7)30(29)40)19(3)9-10-20(4)38/h17-19,22-25,27-29H,8-16H2,1-7H3,(H,34,41)/t18-,19-,22+,23?,24?,25-,27?,28?,29+,32+,33-/m1/s1. The van der Waals surface area contributed by atoms with E-state index in [1.54, 1.807) is 24.7 Å². The Morgan fingerprint density at radius 1 is 1.16 bits per heavy atom. The molecule has 238 valence electrons. The topological polar surface area (TPSA) is 129 Å². The SMILES string of the molecule is CCOC(=O)Nc1cn([C@@H]2C(=O)[C@@]3(C)C(CCC3[C@H](C)CCC(C)=O)C3C2[C@@]2(C)CC[C@@H](C)C[C@H]2C[C@H]3OC(C)=O)nn1. The highest BCUT2D eigenvalue weighted by atomic mass is 16.5. The van der Waals surface area contributed by atoms with Crippen LogP contribution in [0.1, 0.15) is 106 Å². The molecular formula is C33H50N4O6. The predicted octanol–water partition coefficient (Wildman–Crippen LogP) is 6.02. The number of carbonyl (C=O) groups excluding carboxylic acids is 4. The van der Waals surface area contributed by atoms with E-state index in [1.807, 2.05) is 0 Å². The van der Waals surface area contributed by atoms with E-state index in [0.717, 1.165) is 44.9 Å². The van der Waals surface area contributed by atoms with Crippen LogP contribution in [-0.4, -0.2) is 51.3 Å². The van der Waals surface area contributed by atoms with Gasteiger partial charge in [0, 0.05) is 30.6 Å². The molecule has 0 saturated heterocycles. The Hall–Kier alpha value is -2.78. The van der Waals surface area contributed by atoms with Gasteiger partial charge in [-0.15, -0.1) is 5.10 Å². The fourth-order valence-electron chi connectivity index (χ4n) is 10.2. The van der Waals surface area contributed by atoms with Gasteiger partial charge < -0.3 is 14.3 Å². The van der Waals surface area contributed by atoms with Crippen molar-refractivity contribution in [1.29, 1.82) is 0 Å². The zero-order valence-electron chi connectivity index (χ0n) is 26.9. The molecule has 4 aliphatic carbocycles. The lowest BCUT2D eigenvalue weighted by Gasteiger charge is -2.64. The summed E-state index contributed by atoms with van der Waals surface area (Å²) in [6.45, 7) is 14.0. The number of hydrogen-bond donors (Lipinski definition) is 1. The number of ketones is 2. The van der Waals surface area contributed by atoms with Crippen LogP contribution in [0.4, 0.5) is 10.6 Å². The molecule has 1 aromatic heterocycles. The maximum atomic E-state index is 15.2. The van der Waals surface area contributed by atoms with Gasteiger partial charge in [0.1, 0.15) is 17.9 Å². The fourth-order valence-corrected chi connectivity index (χ4v) is 10.2. The van der Waals surface area contributed by atoms with Gasteiger partial charge in [-0.25, -0.2) is 9.48 Å². The van der Waals surface area contributed by atoms with E-state index in [0.29, 0.717) is 18.3 Å². The van der Waals surface area contributed by atoms with Crippen molar-refractivity contribution in [2.24, 2.45) is 52.3 Å². The molecule has 0 aliphatic heterocycles. The zero-order valence-corrected chi connectivity index (χ0v) is 26.9. The van der Waals surface area contributed by atoms with Crippen LogP contribution in [0.5, 0.6) is 0 Å². The molecule has 0 radical (unpaired) electrons. The second-order valence-corrected chi connectivity index (χ2v) is 14.6. The Labute approximate surface area is 255 Å². The molecule has 4 saturated carbocycles. The van der Waals surface area contributed by atoms with Gasteiger partial charge in [0.2, 0.25) is 0 Å². The van der Waals surface area contributed by atoms with Crippen molar-refractivity contribution in [3.05, 3.63) is 6.20 Å². The molecule has 1 amide bonds. The highest BCUT2D eigenvalue weighted by molar-refractivity contribution is 5.91. The van der Waals surface area contributed by atoms with Gasteiger partial charge in [0.15, 0.2) is 11.6 Å². The van der Waals surface area contributed by atoms with Crippen molar-refractivity contribution in [3.8, 4) is 0 Å². The molecule has 5 rings (SSSR count). The van der Waals surface area contributed by atoms with Crippen LogP contribution in [0, 0.1) is 52.3 Å². The molecular weight excluding hydrogens is 548 g/mol. The number of aromatic nitrogens is 3. The summed E-state index contributed by atoms with van der Waals surface area (Å²) in [6, 6.07) is -0.614. The Bertz CT molecular complexity index is 1250. The number of carbonyl (C=O) groups is 4. The van der Waals surface area contributed by atoms with Crippen molar-refractivity contribution in [2.75, 3.05) is 11.9 Å². The summed E-state index contributed by atoms with van der Waals surface area (Å²) in [5.41, 5.74) is -0.819. The first-order chi connectivity index (χ1) is 20.3. The molecule has 4 unspecified atom stereocenters. The highest BCUT2D eigenvalue weighted by Crippen LogP contribution is 2.70. The summed E-state index contributed by atoms with van der Waals surface area (Å²) >= 11 is 0. The van der Waals surface area contributed by atoms with Crippen molar-refractivity contribution in [1.82, 2.24) is 15.0 Å². The van der Waals surface area contributed by atoms with Gasteiger partial charge in [0.05, 0.1) is 12.8 Å². The summed E-state index contributed by atoms with van der Waals surface area (Å²) in [6.07, 6.45) is 7.75. The first-order valence-corrected chi connectivity index (χ1v) is 16.4. The summed E-state index contributed by atoms with van der Waals surface area (Å²) in [7, 11) is 0. The molecule has 1 N–H and O–H groups in total. The molecule has 0 bridgehead atoms. The van der Waals surface area contributed by atoms with Crippen LogP contribution in [0.3, 0.4) is 0 Å². The minimum atomic E-state index is -0.674. The molecule has 10 nitrogen and oxygen atoms in total. The van der Waals surface area contributed by atoms with Crippen LogP contribution in [0.15, 0.2) is 6.20 Å². The number of amides is 1. The van der Waals surface area contributed by atoms with Crippen molar-refractivity contribution < 1.29 is 28.7 Å². The number of anilines is 1. The largest absolute Gasteiger partial charge is 0.462 e. The fraction of sp³-hybridized carbons (Fsp3) is 0.818. The first-order valence-electron chi connectivity index (χ1n) is 16.4. The van der Waals surface area contributed by atoms with Crippen molar-refractivity contribution in [3.63, 3.8) is 0 Å². The minimum absolute atomic E-state index is 0.0121. The van der Waals surface area contributed by atoms with Gasteiger partial charge in [-0.05, 0) is 87.4 Å². The number of rotatable bonds is 8. The highest BCUT2D eigenvalue weighted by Gasteiger charge is 2.70. The van der Waals surface area contributed by atoms with Crippen LogP contribution < -0.4 is 5.32 Å². The maximum Gasteiger partial charge on any atom is 0.412 e. The summed E-state index contributed by atoms with van der Waals surface area (Å²) < 4.78 is 12.9. The lowest BCUT2D eigenvalue weighted by atomic mass is 9.41. The van der Waals surface area contributed by atoms with E-state index in [2.05, 4.69) is 43.3 Å². The van der Waals surface area contributed by atoms with Crippen LogP contribution in [-0.2, 0) is 23.9 Å². The van der Waals surface area contributed by atoms with E-state index in [1.165, 1.54) is 6.92 Å². The van der Waals surface area contributed by atoms with E-state index >= 15 is 4.79 Å². The normalized spacial score (nSPS) is 39.2. The van der Waals surface area contributed by atoms with Crippen molar-refractivity contribution >= 4 is 29.4 Å². The molecule has 0 aromatic carbocycles. The molecule has 1 heterocycles.